The molecule has 1 aromatic carbocycles. The van der Waals surface area contributed by atoms with Gasteiger partial charge >= 0.3 is 0 Å². The molecule has 2 amide bonds. The molecule has 1 heterocycles. The second-order valence-corrected chi connectivity index (χ2v) is 7.11. The third-order valence-corrected chi connectivity index (χ3v) is 5.12. The van der Waals surface area contributed by atoms with Crippen LogP contribution in [0.5, 0.6) is 5.75 Å². The Hall–Kier alpha value is -2.08. The molecule has 1 N–H and O–H groups in total. The van der Waals surface area contributed by atoms with Crippen molar-refractivity contribution in [3.8, 4) is 5.75 Å². The van der Waals surface area contributed by atoms with Crippen LogP contribution < -0.4 is 10.1 Å². The fourth-order valence-corrected chi connectivity index (χ4v) is 3.33. The van der Waals surface area contributed by atoms with Gasteiger partial charge in [0.15, 0.2) is 0 Å². The van der Waals surface area contributed by atoms with E-state index in [-0.39, 0.29) is 23.8 Å². The molecular formula is C20H31N3O3. The zero-order valence-electron chi connectivity index (χ0n) is 16.3. The van der Waals surface area contributed by atoms with Gasteiger partial charge in [-0.05, 0) is 57.0 Å². The van der Waals surface area contributed by atoms with E-state index < -0.39 is 0 Å². The number of piperidine rings is 1. The Bertz CT molecular complexity index is 593. The second kappa shape index (κ2) is 9.57. The number of ether oxygens (including phenoxy) is 1. The van der Waals surface area contributed by atoms with Gasteiger partial charge in [-0.3, -0.25) is 14.5 Å². The van der Waals surface area contributed by atoms with Gasteiger partial charge in [0, 0.05) is 26.6 Å². The summed E-state index contributed by atoms with van der Waals surface area (Å²) in [4.78, 5) is 28.3. The number of hydrogen-bond donors (Lipinski definition) is 1. The molecule has 1 atom stereocenters. The minimum Gasteiger partial charge on any atom is -0.497 e. The topological polar surface area (TPSA) is 61.9 Å². The van der Waals surface area contributed by atoms with Crippen molar-refractivity contribution >= 4 is 11.8 Å². The lowest BCUT2D eigenvalue weighted by Gasteiger charge is -2.35. The predicted molar refractivity (Wildman–Crippen MR) is 102 cm³/mol. The average Bonchev–Trinajstić information content (AvgIpc) is 2.67. The monoisotopic (exact) mass is 361 g/mol. The first-order valence-corrected chi connectivity index (χ1v) is 9.28. The first kappa shape index (κ1) is 20.2. The van der Waals surface area contributed by atoms with Gasteiger partial charge in [0.2, 0.25) is 11.8 Å². The molecule has 0 aromatic heterocycles. The molecule has 1 aliphatic rings. The van der Waals surface area contributed by atoms with Crippen LogP contribution in [-0.2, 0) is 16.0 Å². The summed E-state index contributed by atoms with van der Waals surface area (Å²) in [5.41, 5.74) is 1.17. The molecule has 0 radical (unpaired) electrons. The van der Waals surface area contributed by atoms with Crippen molar-refractivity contribution in [1.29, 1.82) is 0 Å². The van der Waals surface area contributed by atoms with Crippen molar-refractivity contribution in [2.75, 3.05) is 40.8 Å². The molecule has 0 saturated carbocycles. The van der Waals surface area contributed by atoms with E-state index in [0.29, 0.717) is 6.54 Å². The third-order valence-electron chi connectivity index (χ3n) is 5.12. The molecule has 1 fully saturated rings. The standard InChI is InChI=1S/C20H31N3O3/c1-15(23-13-10-17(11-14-23)20(25)22(2)3)19(24)21-12-9-16-5-7-18(26-4)8-6-16/h5-8,15,17H,9-14H2,1-4H3,(H,21,24). The molecule has 1 unspecified atom stereocenters. The number of nitrogens with zero attached hydrogens (tertiary/aromatic N) is 2. The minimum absolute atomic E-state index is 0.0518. The highest BCUT2D eigenvalue weighted by Crippen LogP contribution is 2.20. The van der Waals surface area contributed by atoms with Crippen LogP contribution in [0.4, 0.5) is 0 Å². The van der Waals surface area contributed by atoms with Gasteiger partial charge < -0.3 is 15.0 Å². The number of nitrogens with one attached hydrogen (secondary N) is 1. The van der Waals surface area contributed by atoms with E-state index in [0.717, 1.165) is 38.1 Å². The van der Waals surface area contributed by atoms with Crippen molar-refractivity contribution < 1.29 is 14.3 Å². The van der Waals surface area contributed by atoms with Gasteiger partial charge in [0.25, 0.3) is 0 Å². The normalized spacial score (nSPS) is 16.8. The quantitative estimate of drug-likeness (QED) is 0.800. The maximum absolute atomic E-state index is 12.4. The molecule has 2 rings (SSSR count). The fraction of sp³-hybridized carbons (Fsp3) is 0.600. The highest BCUT2D eigenvalue weighted by atomic mass is 16.5. The lowest BCUT2D eigenvalue weighted by molar-refractivity contribution is -0.135. The molecule has 1 aliphatic heterocycles. The maximum Gasteiger partial charge on any atom is 0.237 e. The Morgan fingerprint density at radius 3 is 2.38 bits per heavy atom. The average molecular weight is 361 g/mol. The first-order valence-electron chi connectivity index (χ1n) is 9.28. The van der Waals surface area contributed by atoms with Crippen molar-refractivity contribution in [2.24, 2.45) is 5.92 Å². The molecule has 0 spiro atoms. The van der Waals surface area contributed by atoms with Crippen LogP contribution >= 0.6 is 0 Å². The SMILES string of the molecule is COc1ccc(CCNC(=O)C(C)N2CCC(C(=O)N(C)C)CC2)cc1. The second-order valence-electron chi connectivity index (χ2n) is 7.11. The Morgan fingerprint density at radius 1 is 1.23 bits per heavy atom. The minimum atomic E-state index is -0.165. The number of carbonyl (C=O) groups excluding carboxylic acids is 2. The number of methoxy groups -OCH3 is 1. The van der Waals surface area contributed by atoms with Crippen LogP contribution in [-0.4, -0.2) is 68.5 Å². The molecule has 1 aromatic rings. The van der Waals surface area contributed by atoms with Crippen molar-refractivity contribution in [2.45, 2.75) is 32.2 Å². The van der Waals surface area contributed by atoms with Gasteiger partial charge in [-0.15, -0.1) is 0 Å². The van der Waals surface area contributed by atoms with Crippen LogP contribution in [0.25, 0.3) is 0 Å². The van der Waals surface area contributed by atoms with Crippen LogP contribution in [0.3, 0.4) is 0 Å². The molecule has 0 bridgehead atoms. The zero-order chi connectivity index (χ0) is 19.1. The molecule has 144 valence electrons. The van der Waals surface area contributed by atoms with E-state index in [1.54, 1.807) is 26.1 Å². The smallest absolute Gasteiger partial charge is 0.237 e. The van der Waals surface area contributed by atoms with Crippen LogP contribution in [0.2, 0.25) is 0 Å². The maximum atomic E-state index is 12.4. The lowest BCUT2D eigenvalue weighted by Crippen LogP contribution is -2.50. The van der Waals surface area contributed by atoms with E-state index in [4.69, 9.17) is 4.74 Å². The summed E-state index contributed by atoms with van der Waals surface area (Å²) in [6, 6.07) is 7.72. The van der Waals surface area contributed by atoms with Crippen molar-refractivity contribution in [1.82, 2.24) is 15.1 Å². The highest BCUT2D eigenvalue weighted by molar-refractivity contribution is 5.81. The Balaban J connectivity index is 1.73. The third kappa shape index (κ3) is 5.46. The predicted octanol–water partition coefficient (Wildman–Crippen LogP) is 1.54. The van der Waals surface area contributed by atoms with Crippen LogP contribution in [0.15, 0.2) is 24.3 Å². The summed E-state index contributed by atoms with van der Waals surface area (Å²) in [5.74, 6) is 1.17. The number of rotatable bonds is 7. The van der Waals surface area contributed by atoms with Gasteiger partial charge in [-0.2, -0.15) is 0 Å². The van der Waals surface area contributed by atoms with E-state index in [1.165, 1.54) is 5.56 Å². The van der Waals surface area contributed by atoms with E-state index in [9.17, 15) is 9.59 Å². The summed E-state index contributed by atoms with van der Waals surface area (Å²) in [6.07, 6.45) is 2.43. The zero-order valence-corrected chi connectivity index (χ0v) is 16.3. The summed E-state index contributed by atoms with van der Waals surface area (Å²) >= 11 is 0. The lowest BCUT2D eigenvalue weighted by atomic mass is 9.94. The summed E-state index contributed by atoms with van der Waals surface area (Å²) in [7, 11) is 5.25. The Kier molecular flexibility index (Phi) is 7.45. The fourth-order valence-electron chi connectivity index (χ4n) is 3.33. The molecular weight excluding hydrogens is 330 g/mol. The largest absolute Gasteiger partial charge is 0.497 e. The first-order chi connectivity index (χ1) is 12.4. The van der Waals surface area contributed by atoms with E-state index in [1.807, 2.05) is 31.2 Å². The Morgan fingerprint density at radius 2 is 1.85 bits per heavy atom. The molecule has 6 nitrogen and oxygen atoms in total. The summed E-state index contributed by atoms with van der Waals surface area (Å²) in [5, 5.41) is 3.02. The van der Waals surface area contributed by atoms with E-state index >= 15 is 0 Å². The van der Waals surface area contributed by atoms with Crippen LogP contribution in [0, 0.1) is 5.92 Å². The summed E-state index contributed by atoms with van der Waals surface area (Å²) in [6.45, 7) is 4.14. The molecule has 6 heteroatoms. The highest BCUT2D eigenvalue weighted by Gasteiger charge is 2.30. The van der Waals surface area contributed by atoms with Crippen molar-refractivity contribution in [3.63, 3.8) is 0 Å². The molecule has 0 aliphatic carbocycles. The summed E-state index contributed by atoms with van der Waals surface area (Å²) < 4.78 is 5.15. The molecule has 26 heavy (non-hydrogen) atoms. The number of hydrogen-bond acceptors (Lipinski definition) is 4. The van der Waals surface area contributed by atoms with E-state index in [2.05, 4.69) is 10.2 Å². The van der Waals surface area contributed by atoms with Gasteiger partial charge in [-0.1, -0.05) is 12.1 Å². The molecule has 1 saturated heterocycles. The van der Waals surface area contributed by atoms with Gasteiger partial charge in [-0.25, -0.2) is 0 Å². The number of carbonyl (C=O) groups is 2. The number of benzene rings is 1. The van der Waals surface area contributed by atoms with Gasteiger partial charge in [0.1, 0.15) is 5.75 Å². The van der Waals surface area contributed by atoms with Gasteiger partial charge in [0.05, 0.1) is 13.2 Å². The Labute approximate surface area is 156 Å². The van der Waals surface area contributed by atoms with Crippen LogP contribution in [0.1, 0.15) is 25.3 Å². The van der Waals surface area contributed by atoms with Crippen molar-refractivity contribution in [3.05, 3.63) is 29.8 Å². The number of likely N-dealkylation sites (tertiary alicyclic amines) is 1. The number of amides is 2.